The van der Waals surface area contributed by atoms with Crippen LogP contribution >= 0.6 is 0 Å². The van der Waals surface area contributed by atoms with Crippen LogP contribution in [0.1, 0.15) is 19.4 Å². The quantitative estimate of drug-likeness (QED) is 0.758. The van der Waals surface area contributed by atoms with Gasteiger partial charge in [-0.15, -0.1) is 0 Å². The molecule has 1 aromatic carbocycles. The zero-order chi connectivity index (χ0) is 13.1. The van der Waals surface area contributed by atoms with E-state index in [4.69, 9.17) is 5.11 Å². The number of carboxylic acids is 1. The number of carboxylic acid groups (broad SMARTS) is 1. The molecule has 0 aliphatic heterocycles. The van der Waals surface area contributed by atoms with Crippen molar-refractivity contribution in [2.45, 2.75) is 26.4 Å². The van der Waals surface area contributed by atoms with Gasteiger partial charge in [-0.2, -0.15) is 0 Å². The number of H-pyrrole nitrogens is 1. The number of fused-ring (bicyclic) bond motifs is 1. The summed E-state index contributed by atoms with van der Waals surface area (Å²) in [6.07, 6.45) is 1.89. The molecule has 4 heteroatoms. The fourth-order valence-corrected chi connectivity index (χ4v) is 2.13. The average molecular weight is 246 g/mol. The van der Waals surface area contributed by atoms with E-state index in [0.29, 0.717) is 6.54 Å². The van der Waals surface area contributed by atoms with Crippen molar-refractivity contribution in [3.63, 3.8) is 0 Å². The number of aromatic amines is 1. The number of rotatable bonds is 5. The highest BCUT2D eigenvalue weighted by atomic mass is 16.4. The predicted molar refractivity (Wildman–Crippen MR) is 71.4 cm³/mol. The van der Waals surface area contributed by atoms with Crippen molar-refractivity contribution in [2.75, 3.05) is 0 Å². The van der Waals surface area contributed by atoms with E-state index < -0.39 is 12.0 Å². The highest BCUT2D eigenvalue weighted by Crippen LogP contribution is 2.17. The van der Waals surface area contributed by atoms with Gasteiger partial charge < -0.3 is 15.4 Å². The lowest BCUT2D eigenvalue weighted by molar-refractivity contribution is -0.140. The van der Waals surface area contributed by atoms with Gasteiger partial charge in [0.05, 0.1) is 0 Å². The molecule has 2 aromatic rings. The summed E-state index contributed by atoms with van der Waals surface area (Å²) in [7, 11) is 0. The Hall–Kier alpha value is -1.81. The van der Waals surface area contributed by atoms with Crippen LogP contribution in [-0.2, 0) is 11.3 Å². The lowest BCUT2D eigenvalue weighted by Gasteiger charge is -2.18. The average Bonchev–Trinajstić information content (AvgIpc) is 2.77. The maximum Gasteiger partial charge on any atom is 0.320 e. The first-order valence-electron chi connectivity index (χ1n) is 6.10. The Kier molecular flexibility index (Phi) is 3.67. The second-order valence-corrected chi connectivity index (χ2v) is 4.80. The highest BCUT2D eigenvalue weighted by Gasteiger charge is 2.20. The van der Waals surface area contributed by atoms with E-state index in [-0.39, 0.29) is 5.92 Å². The topological polar surface area (TPSA) is 65.1 Å². The van der Waals surface area contributed by atoms with Crippen molar-refractivity contribution in [3.8, 4) is 0 Å². The number of hydrogen-bond acceptors (Lipinski definition) is 2. The fraction of sp³-hybridized carbons (Fsp3) is 0.357. The molecule has 0 spiro atoms. The van der Waals surface area contributed by atoms with Gasteiger partial charge in [-0.3, -0.25) is 4.79 Å². The molecule has 1 unspecified atom stereocenters. The maximum atomic E-state index is 11.1. The minimum atomic E-state index is -0.800. The molecule has 2 rings (SSSR count). The Balaban J connectivity index is 2.14. The van der Waals surface area contributed by atoms with Gasteiger partial charge in [0.2, 0.25) is 0 Å². The molecule has 0 saturated heterocycles. The largest absolute Gasteiger partial charge is 0.480 e. The van der Waals surface area contributed by atoms with Gasteiger partial charge in [0.15, 0.2) is 0 Å². The standard InChI is InChI=1S/C14H18N2O2/c1-9(2)13(14(17)18)16-8-10-4-3-5-12-11(10)6-7-15-12/h3-7,9,13,15-16H,8H2,1-2H3,(H,17,18). The summed E-state index contributed by atoms with van der Waals surface area (Å²) in [6, 6.07) is 7.50. The Morgan fingerprint density at radius 1 is 1.39 bits per heavy atom. The molecule has 1 heterocycles. The molecule has 4 nitrogen and oxygen atoms in total. The second kappa shape index (κ2) is 5.23. The molecule has 96 valence electrons. The van der Waals surface area contributed by atoms with Crippen LogP contribution in [0.3, 0.4) is 0 Å². The van der Waals surface area contributed by atoms with Crippen LogP contribution in [0.15, 0.2) is 30.5 Å². The first-order valence-corrected chi connectivity index (χ1v) is 6.10. The highest BCUT2D eigenvalue weighted by molar-refractivity contribution is 5.83. The number of hydrogen-bond donors (Lipinski definition) is 3. The smallest absolute Gasteiger partial charge is 0.320 e. The molecular weight excluding hydrogens is 228 g/mol. The molecule has 0 fully saturated rings. The molecule has 0 aliphatic carbocycles. The van der Waals surface area contributed by atoms with Gasteiger partial charge >= 0.3 is 5.97 Å². The van der Waals surface area contributed by atoms with Gasteiger partial charge in [0.25, 0.3) is 0 Å². The van der Waals surface area contributed by atoms with Crippen LogP contribution in [0, 0.1) is 5.92 Å². The maximum absolute atomic E-state index is 11.1. The normalized spacial score (nSPS) is 13.1. The minimum Gasteiger partial charge on any atom is -0.480 e. The number of benzene rings is 1. The van der Waals surface area contributed by atoms with Gasteiger partial charge in [-0.1, -0.05) is 26.0 Å². The molecule has 1 aromatic heterocycles. The first kappa shape index (κ1) is 12.6. The number of carbonyl (C=O) groups is 1. The third-order valence-electron chi connectivity index (χ3n) is 3.13. The van der Waals surface area contributed by atoms with Crippen LogP contribution in [0.5, 0.6) is 0 Å². The number of aliphatic carboxylic acids is 1. The summed E-state index contributed by atoms with van der Waals surface area (Å²) in [5, 5.41) is 13.4. The fourth-order valence-electron chi connectivity index (χ4n) is 2.13. The molecule has 0 bridgehead atoms. The molecule has 18 heavy (non-hydrogen) atoms. The molecule has 0 amide bonds. The van der Waals surface area contributed by atoms with Gasteiger partial charge in [-0.05, 0) is 23.6 Å². The van der Waals surface area contributed by atoms with Gasteiger partial charge in [-0.25, -0.2) is 0 Å². The molecule has 0 aliphatic rings. The molecule has 0 radical (unpaired) electrons. The van der Waals surface area contributed by atoms with E-state index >= 15 is 0 Å². The van der Waals surface area contributed by atoms with Crippen LogP contribution < -0.4 is 5.32 Å². The summed E-state index contributed by atoms with van der Waals surface area (Å²) in [5.74, 6) is -0.737. The van der Waals surface area contributed by atoms with E-state index in [0.717, 1.165) is 16.5 Å². The van der Waals surface area contributed by atoms with Crippen molar-refractivity contribution >= 4 is 16.9 Å². The van der Waals surface area contributed by atoms with Crippen LogP contribution in [0.4, 0.5) is 0 Å². The van der Waals surface area contributed by atoms with E-state index in [2.05, 4.69) is 10.3 Å². The van der Waals surface area contributed by atoms with E-state index in [1.807, 2.05) is 44.3 Å². The van der Waals surface area contributed by atoms with E-state index in [1.54, 1.807) is 0 Å². The predicted octanol–water partition coefficient (Wildman–Crippen LogP) is 2.37. The Morgan fingerprint density at radius 2 is 2.17 bits per heavy atom. The van der Waals surface area contributed by atoms with E-state index in [9.17, 15) is 4.79 Å². The van der Waals surface area contributed by atoms with Gasteiger partial charge in [0.1, 0.15) is 6.04 Å². The summed E-state index contributed by atoms with van der Waals surface area (Å²) in [4.78, 5) is 14.3. The molecule has 0 saturated carbocycles. The SMILES string of the molecule is CC(C)C(NCc1cccc2[nH]ccc12)C(=O)O. The Bertz CT molecular complexity index is 545. The van der Waals surface area contributed by atoms with Crippen molar-refractivity contribution in [2.24, 2.45) is 5.92 Å². The van der Waals surface area contributed by atoms with Gasteiger partial charge in [0, 0.05) is 23.6 Å². The summed E-state index contributed by atoms with van der Waals surface area (Å²) in [5.41, 5.74) is 2.19. The Morgan fingerprint density at radius 3 is 2.83 bits per heavy atom. The van der Waals surface area contributed by atoms with Crippen LogP contribution in [-0.4, -0.2) is 22.1 Å². The van der Waals surface area contributed by atoms with Crippen LogP contribution in [0.2, 0.25) is 0 Å². The van der Waals surface area contributed by atoms with Crippen molar-refractivity contribution in [3.05, 3.63) is 36.0 Å². The number of aromatic nitrogens is 1. The molecular formula is C14H18N2O2. The zero-order valence-corrected chi connectivity index (χ0v) is 10.6. The zero-order valence-electron chi connectivity index (χ0n) is 10.6. The Labute approximate surface area is 106 Å². The second-order valence-electron chi connectivity index (χ2n) is 4.80. The first-order chi connectivity index (χ1) is 8.59. The van der Waals surface area contributed by atoms with Crippen LogP contribution in [0.25, 0.3) is 10.9 Å². The third kappa shape index (κ3) is 2.54. The molecule has 3 N–H and O–H groups in total. The lowest BCUT2D eigenvalue weighted by atomic mass is 10.0. The lowest BCUT2D eigenvalue weighted by Crippen LogP contribution is -2.40. The number of nitrogens with one attached hydrogen (secondary N) is 2. The van der Waals surface area contributed by atoms with Crippen molar-refractivity contribution < 1.29 is 9.90 Å². The monoisotopic (exact) mass is 246 g/mol. The molecule has 1 atom stereocenters. The van der Waals surface area contributed by atoms with Crippen molar-refractivity contribution in [1.29, 1.82) is 0 Å². The summed E-state index contributed by atoms with van der Waals surface area (Å²) < 4.78 is 0. The summed E-state index contributed by atoms with van der Waals surface area (Å²) >= 11 is 0. The summed E-state index contributed by atoms with van der Waals surface area (Å²) in [6.45, 7) is 4.37. The third-order valence-corrected chi connectivity index (χ3v) is 3.13. The van der Waals surface area contributed by atoms with Crippen molar-refractivity contribution in [1.82, 2.24) is 10.3 Å². The van der Waals surface area contributed by atoms with E-state index in [1.165, 1.54) is 0 Å². The minimum absolute atomic E-state index is 0.0629.